The molecular formula is C10H13BrN2O. The monoisotopic (exact) mass is 256 g/mol. The van der Waals surface area contributed by atoms with Gasteiger partial charge in [0.15, 0.2) is 0 Å². The van der Waals surface area contributed by atoms with Gasteiger partial charge in [-0.25, -0.2) is 0 Å². The third-order valence-electron chi connectivity index (χ3n) is 1.71. The molecule has 0 aliphatic heterocycles. The molecule has 0 aliphatic rings. The number of nitrogens with two attached hydrogens (primary N) is 1. The Balaban J connectivity index is 2.82. The van der Waals surface area contributed by atoms with Crippen LogP contribution in [-0.4, -0.2) is 5.91 Å². The van der Waals surface area contributed by atoms with Crippen molar-refractivity contribution in [2.45, 2.75) is 13.8 Å². The van der Waals surface area contributed by atoms with E-state index in [0.29, 0.717) is 5.69 Å². The minimum absolute atomic E-state index is 0.0116. The van der Waals surface area contributed by atoms with E-state index in [-0.39, 0.29) is 11.8 Å². The molecule has 0 saturated carbocycles. The van der Waals surface area contributed by atoms with Crippen LogP contribution < -0.4 is 11.1 Å². The summed E-state index contributed by atoms with van der Waals surface area (Å²) >= 11 is 3.31. The second kappa shape index (κ2) is 4.46. The number of halogens is 1. The molecule has 0 unspecified atom stereocenters. The summed E-state index contributed by atoms with van der Waals surface area (Å²) in [6, 6.07) is 5.33. The van der Waals surface area contributed by atoms with Crippen molar-refractivity contribution in [1.29, 1.82) is 0 Å². The lowest BCUT2D eigenvalue weighted by Gasteiger charge is -2.08. The summed E-state index contributed by atoms with van der Waals surface area (Å²) in [5, 5.41) is 2.77. The van der Waals surface area contributed by atoms with E-state index < -0.39 is 0 Å². The SMILES string of the molecule is CC(C)C(=O)Nc1cc(N)cc(Br)c1. The minimum atomic E-state index is -0.0322. The van der Waals surface area contributed by atoms with E-state index in [1.165, 1.54) is 0 Å². The molecule has 1 aromatic rings. The summed E-state index contributed by atoms with van der Waals surface area (Å²) in [5.41, 5.74) is 6.97. The van der Waals surface area contributed by atoms with Gasteiger partial charge in [-0.3, -0.25) is 4.79 Å². The van der Waals surface area contributed by atoms with Crippen LogP contribution in [0, 0.1) is 5.92 Å². The van der Waals surface area contributed by atoms with Crippen LogP contribution in [0.2, 0.25) is 0 Å². The lowest BCUT2D eigenvalue weighted by Crippen LogP contribution is -2.17. The second-order valence-corrected chi connectivity index (χ2v) is 4.33. The van der Waals surface area contributed by atoms with E-state index in [1.54, 1.807) is 12.1 Å². The van der Waals surface area contributed by atoms with Crippen molar-refractivity contribution < 1.29 is 4.79 Å². The fraction of sp³-hybridized carbons (Fsp3) is 0.300. The smallest absolute Gasteiger partial charge is 0.226 e. The van der Waals surface area contributed by atoms with Crippen molar-refractivity contribution in [3.63, 3.8) is 0 Å². The van der Waals surface area contributed by atoms with Gasteiger partial charge in [-0.2, -0.15) is 0 Å². The molecule has 0 aromatic heterocycles. The van der Waals surface area contributed by atoms with E-state index in [0.717, 1.165) is 10.2 Å². The molecule has 76 valence electrons. The van der Waals surface area contributed by atoms with E-state index >= 15 is 0 Å². The van der Waals surface area contributed by atoms with Gasteiger partial charge in [-0.05, 0) is 18.2 Å². The van der Waals surface area contributed by atoms with Crippen molar-refractivity contribution in [2.24, 2.45) is 5.92 Å². The first-order chi connectivity index (χ1) is 6.49. The molecule has 14 heavy (non-hydrogen) atoms. The normalized spacial score (nSPS) is 10.3. The first-order valence-electron chi connectivity index (χ1n) is 4.36. The van der Waals surface area contributed by atoms with Gasteiger partial charge in [0.1, 0.15) is 0 Å². The molecule has 0 aliphatic carbocycles. The molecule has 0 fully saturated rings. The molecule has 0 radical (unpaired) electrons. The zero-order chi connectivity index (χ0) is 10.7. The number of benzene rings is 1. The van der Waals surface area contributed by atoms with Crippen LogP contribution >= 0.6 is 15.9 Å². The Morgan fingerprint density at radius 3 is 2.57 bits per heavy atom. The molecule has 4 heteroatoms. The number of hydrogen-bond acceptors (Lipinski definition) is 2. The number of nitrogen functional groups attached to an aromatic ring is 1. The second-order valence-electron chi connectivity index (χ2n) is 3.42. The van der Waals surface area contributed by atoms with E-state index in [9.17, 15) is 4.79 Å². The van der Waals surface area contributed by atoms with Gasteiger partial charge in [-0.1, -0.05) is 29.8 Å². The third kappa shape index (κ3) is 3.03. The topological polar surface area (TPSA) is 55.1 Å². The fourth-order valence-electron chi connectivity index (χ4n) is 0.971. The number of carbonyl (C=O) groups excluding carboxylic acids is 1. The van der Waals surface area contributed by atoms with Gasteiger partial charge in [0.05, 0.1) is 0 Å². The largest absolute Gasteiger partial charge is 0.399 e. The first kappa shape index (κ1) is 11.0. The Morgan fingerprint density at radius 1 is 1.43 bits per heavy atom. The number of rotatable bonds is 2. The number of amides is 1. The van der Waals surface area contributed by atoms with Crippen molar-refractivity contribution in [2.75, 3.05) is 11.1 Å². The van der Waals surface area contributed by atoms with Gasteiger partial charge in [0.25, 0.3) is 0 Å². The number of hydrogen-bond donors (Lipinski definition) is 2. The van der Waals surface area contributed by atoms with Crippen LogP contribution in [0.4, 0.5) is 11.4 Å². The quantitative estimate of drug-likeness (QED) is 0.800. The highest BCUT2D eigenvalue weighted by Crippen LogP contribution is 2.21. The standard InChI is InChI=1S/C10H13BrN2O/c1-6(2)10(14)13-9-4-7(11)3-8(12)5-9/h3-6H,12H2,1-2H3,(H,13,14). The summed E-state index contributed by atoms with van der Waals surface area (Å²) < 4.78 is 0.858. The van der Waals surface area contributed by atoms with Crippen LogP contribution in [0.1, 0.15) is 13.8 Å². The average molecular weight is 257 g/mol. The summed E-state index contributed by atoms with van der Waals surface area (Å²) in [6.07, 6.45) is 0. The first-order valence-corrected chi connectivity index (χ1v) is 5.15. The van der Waals surface area contributed by atoms with E-state index in [2.05, 4.69) is 21.2 Å². The number of carbonyl (C=O) groups is 1. The minimum Gasteiger partial charge on any atom is -0.399 e. The lowest BCUT2D eigenvalue weighted by atomic mass is 10.2. The van der Waals surface area contributed by atoms with Crippen LogP contribution in [-0.2, 0) is 4.79 Å². The molecular weight excluding hydrogens is 244 g/mol. The highest BCUT2D eigenvalue weighted by molar-refractivity contribution is 9.10. The Kier molecular flexibility index (Phi) is 3.52. The van der Waals surface area contributed by atoms with Crippen molar-refractivity contribution in [3.8, 4) is 0 Å². The third-order valence-corrected chi connectivity index (χ3v) is 2.17. The average Bonchev–Trinajstić information content (AvgIpc) is 2.01. The van der Waals surface area contributed by atoms with Crippen LogP contribution in [0.3, 0.4) is 0 Å². The molecule has 1 rings (SSSR count). The maximum atomic E-state index is 11.4. The molecule has 0 atom stereocenters. The highest BCUT2D eigenvalue weighted by atomic mass is 79.9. The molecule has 0 saturated heterocycles. The van der Waals surface area contributed by atoms with Gasteiger partial charge in [-0.15, -0.1) is 0 Å². The molecule has 0 heterocycles. The zero-order valence-corrected chi connectivity index (χ0v) is 9.76. The van der Waals surface area contributed by atoms with Crippen LogP contribution in [0.15, 0.2) is 22.7 Å². The number of nitrogens with one attached hydrogen (secondary N) is 1. The molecule has 0 bridgehead atoms. The summed E-state index contributed by atoms with van der Waals surface area (Å²) in [6.45, 7) is 3.69. The Labute approximate surface area is 91.8 Å². The van der Waals surface area contributed by atoms with Crippen LogP contribution in [0.5, 0.6) is 0 Å². The molecule has 1 amide bonds. The van der Waals surface area contributed by atoms with Gasteiger partial charge in [0, 0.05) is 21.8 Å². The van der Waals surface area contributed by atoms with Crippen molar-refractivity contribution in [3.05, 3.63) is 22.7 Å². The van der Waals surface area contributed by atoms with E-state index in [1.807, 2.05) is 19.9 Å². The Bertz CT molecular complexity index is 330. The summed E-state index contributed by atoms with van der Waals surface area (Å²) in [7, 11) is 0. The highest BCUT2D eigenvalue weighted by Gasteiger charge is 2.07. The Hall–Kier alpha value is -1.03. The predicted octanol–water partition coefficient (Wildman–Crippen LogP) is 2.63. The summed E-state index contributed by atoms with van der Waals surface area (Å²) in [5.74, 6) is -0.0438. The molecule has 3 N–H and O–H groups in total. The van der Waals surface area contributed by atoms with E-state index in [4.69, 9.17) is 5.73 Å². The van der Waals surface area contributed by atoms with Crippen molar-refractivity contribution >= 4 is 33.2 Å². The summed E-state index contributed by atoms with van der Waals surface area (Å²) in [4.78, 5) is 11.4. The molecule has 3 nitrogen and oxygen atoms in total. The predicted molar refractivity (Wildman–Crippen MR) is 62.0 cm³/mol. The Morgan fingerprint density at radius 2 is 2.07 bits per heavy atom. The van der Waals surface area contributed by atoms with Gasteiger partial charge in [0.2, 0.25) is 5.91 Å². The van der Waals surface area contributed by atoms with Crippen LogP contribution in [0.25, 0.3) is 0 Å². The van der Waals surface area contributed by atoms with Gasteiger partial charge >= 0.3 is 0 Å². The molecule has 0 spiro atoms. The maximum absolute atomic E-state index is 11.4. The van der Waals surface area contributed by atoms with Gasteiger partial charge < -0.3 is 11.1 Å². The lowest BCUT2D eigenvalue weighted by molar-refractivity contribution is -0.118. The molecule has 1 aromatic carbocycles. The zero-order valence-electron chi connectivity index (χ0n) is 8.17. The fourth-order valence-corrected chi connectivity index (χ4v) is 1.48. The number of anilines is 2. The van der Waals surface area contributed by atoms with Crippen molar-refractivity contribution in [1.82, 2.24) is 0 Å². The maximum Gasteiger partial charge on any atom is 0.226 e.